The monoisotopic (exact) mass is 701 g/mol. The van der Waals surface area contributed by atoms with Gasteiger partial charge in [-0.15, -0.1) is 32.9 Å². The van der Waals surface area contributed by atoms with E-state index in [-0.39, 0.29) is 0 Å². The van der Waals surface area contributed by atoms with Gasteiger partial charge in [0, 0.05) is 68.5 Å². The van der Waals surface area contributed by atoms with Gasteiger partial charge in [0.1, 0.15) is 0 Å². The first-order chi connectivity index (χ1) is 25.7. The first kappa shape index (κ1) is 29.4. The molecule has 52 heavy (non-hydrogen) atoms. The number of anilines is 3. The molecule has 0 atom stereocenters. The maximum absolute atomic E-state index is 6.10. The molecule has 0 spiro atoms. The van der Waals surface area contributed by atoms with Crippen molar-refractivity contribution in [3.05, 3.63) is 164 Å². The maximum Gasteiger partial charge on any atom is 0.248 e. The molecule has 11 rings (SSSR count). The predicted molar refractivity (Wildman–Crippen MR) is 221 cm³/mol. The summed E-state index contributed by atoms with van der Waals surface area (Å²) < 4.78 is 11.4. The Morgan fingerprint density at radius 3 is 1.40 bits per heavy atom. The van der Waals surface area contributed by atoms with Gasteiger partial charge in [0.05, 0.1) is 0 Å². The van der Waals surface area contributed by atoms with E-state index in [2.05, 4.69) is 149 Å². The van der Waals surface area contributed by atoms with E-state index in [1.165, 1.54) is 61.9 Å². The summed E-state index contributed by atoms with van der Waals surface area (Å²) in [6.45, 7) is 0. The lowest BCUT2D eigenvalue weighted by Gasteiger charge is -2.26. The molecule has 0 fully saturated rings. The second kappa shape index (κ2) is 11.6. The molecule has 0 amide bonds. The molecule has 244 valence electrons. The summed E-state index contributed by atoms with van der Waals surface area (Å²) in [5.74, 6) is 1.00. The molecule has 11 aromatic rings. The molecule has 3 aromatic heterocycles. The minimum Gasteiger partial charge on any atom is -0.416 e. The summed E-state index contributed by atoms with van der Waals surface area (Å²) in [7, 11) is 0. The Kier molecular flexibility index (Phi) is 6.56. The lowest BCUT2D eigenvalue weighted by atomic mass is 10.0. The third kappa shape index (κ3) is 4.65. The second-order valence-corrected chi connectivity index (χ2v) is 15.2. The summed E-state index contributed by atoms with van der Waals surface area (Å²) in [6, 6.07) is 58.5. The quantitative estimate of drug-likeness (QED) is 0.179. The van der Waals surface area contributed by atoms with E-state index in [4.69, 9.17) is 4.42 Å². The lowest BCUT2D eigenvalue weighted by molar-refractivity contribution is 0.584. The van der Waals surface area contributed by atoms with E-state index in [9.17, 15) is 0 Å². The van der Waals surface area contributed by atoms with Crippen molar-refractivity contribution >= 4 is 102 Å². The van der Waals surface area contributed by atoms with Gasteiger partial charge < -0.3 is 9.32 Å². The molecule has 0 N–H and O–H groups in total. The first-order valence-electron chi connectivity index (χ1n) is 17.2. The average molecular weight is 702 g/mol. The van der Waals surface area contributed by atoms with Gasteiger partial charge in [-0.05, 0) is 94.3 Å². The molecular formula is C46H27N3OS2. The Hall–Kier alpha value is -6.34. The number of rotatable bonds is 5. The van der Waals surface area contributed by atoms with Gasteiger partial charge >= 0.3 is 0 Å². The van der Waals surface area contributed by atoms with Gasteiger partial charge in [0.25, 0.3) is 0 Å². The molecule has 3 heterocycles. The van der Waals surface area contributed by atoms with Crippen molar-refractivity contribution in [1.82, 2.24) is 10.2 Å². The smallest absolute Gasteiger partial charge is 0.248 e. The highest BCUT2D eigenvalue weighted by molar-refractivity contribution is 7.27. The zero-order valence-corrected chi connectivity index (χ0v) is 29.3. The van der Waals surface area contributed by atoms with E-state index >= 15 is 0 Å². The summed E-state index contributed by atoms with van der Waals surface area (Å²) in [5, 5.41) is 18.9. The highest BCUT2D eigenvalue weighted by atomic mass is 32.1. The Morgan fingerprint density at radius 2 is 0.846 bits per heavy atom. The van der Waals surface area contributed by atoms with Crippen LogP contribution in [0.5, 0.6) is 0 Å². The average Bonchev–Trinajstić information content (AvgIpc) is 3.95. The highest BCUT2D eigenvalue weighted by Crippen LogP contribution is 2.44. The van der Waals surface area contributed by atoms with Crippen molar-refractivity contribution < 1.29 is 4.42 Å². The number of thiophene rings is 2. The molecule has 0 unspecified atom stereocenters. The fourth-order valence-corrected chi connectivity index (χ4v) is 9.99. The third-order valence-electron chi connectivity index (χ3n) is 10.0. The van der Waals surface area contributed by atoms with Crippen molar-refractivity contribution in [2.45, 2.75) is 0 Å². The minimum absolute atomic E-state index is 0.494. The number of benzene rings is 8. The largest absolute Gasteiger partial charge is 0.416 e. The summed E-state index contributed by atoms with van der Waals surface area (Å²) in [4.78, 5) is 2.34. The number of fused-ring (bicyclic) bond motifs is 10. The third-order valence-corrected chi connectivity index (χ3v) is 12.5. The molecule has 0 saturated heterocycles. The predicted octanol–water partition coefficient (Wildman–Crippen LogP) is 13.9. The van der Waals surface area contributed by atoms with Crippen LogP contribution < -0.4 is 4.90 Å². The lowest BCUT2D eigenvalue weighted by Crippen LogP contribution is -2.10. The number of hydrogen-bond acceptors (Lipinski definition) is 6. The fourth-order valence-electron chi connectivity index (χ4n) is 7.51. The van der Waals surface area contributed by atoms with Gasteiger partial charge in [-0.1, -0.05) is 91.0 Å². The van der Waals surface area contributed by atoms with Gasteiger partial charge in [0.2, 0.25) is 11.8 Å². The van der Waals surface area contributed by atoms with Gasteiger partial charge in [-0.25, -0.2) is 0 Å². The second-order valence-electron chi connectivity index (χ2n) is 13.1. The summed E-state index contributed by atoms with van der Waals surface area (Å²) in [6.07, 6.45) is 0. The van der Waals surface area contributed by atoms with Crippen LogP contribution in [0.3, 0.4) is 0 Å². The van der Waals surface area contributed by atoms with Crippen LogP contribution in [0.4, 0.5) is 17.1 Å². The van der Waals surface area contributed by atoms with Crippen LogP contribution >= 0.6 is 22.7 Å². The van der Waals surface area contributed by atoms with Crippen LogP contribution in [-0.4, -0.2) is 10.2 Å². The van der Waals surface area contributed by atoms with Crippen molar-refractivity contribution in [1.29, 1.82) is 0 Å². The Bertz CT molecular complexity index is 2990. The number of hydrogen-bond donors (Lipinski definition) is 0. The SMILES string of the molecule is c1ccc(-c2nnc(-c3ccc(N(c4ccc5c(ccc6c7ccccc7sc56)c4)c4ccc5c(ccc6c7ccccc7sc56)c4)cc3)o2)cc1. The van der Waals surface area contributed by atoms with Gasteiger partial charge in [-0.3, -0.25) is 0 Å². The molecule has 4 nitrogen and oxygen atoms in total. The van der Waals surface area contributed by atoms with E-state index < -0.39 is 0 Å². The van der Waals surface area contributed by atoms with Crippen LogP contribution in [-0.2, 0) is 0 Å². The fraction of sp³-hybridized carbons (Fsp3) is 0. The van der Waals surface area contributed by atoms with Crippen LogP contribution in [0.15, 0.2) is 168 Å². The highest BCUT2D eigenvalue weighted by Gasteiger charge is 2.18. The van der Waals surface area contributed by atoms with Gasteiger partial charge in [-0.2, -0.15) is 0 Å². The van der Waals surface area contributed by atoms with Crippen LogP contribution in [0.1, 0.15) is 0 Å². The summed E-state index contributed by atoms with van der Waals surface area (Å²) >= 11 is 3.74. The van der Waals surface area contributed by atoms with Crippen LogP contribution in [0.2, 0.25) is 0 Å². The molecule has 0 aliphatic rings. The van der Waals surface area contributed by atoms with Crippen LogP contribution in [0.25, 0.3) is 84.8 Å². The molecular weight excluding hydrogens is 675 g/mol. The topological polar surface area (TPSA) is 42.2 Å². The molecule has 0 saturated carbocycles. The summed E-state index contributed by atoms with van der Waals surface area (Å²) in [5.41, 5.74) is 4.99. The normalized spacial score (nSPS) is 11.8. The minimum atomic E-state index is 0.494. The molecule has 0 bridgehead atoms. The van der Waals surface area contributed by atoms with Crippen LogP contribution in [0, 0.1) is 0 Å². The number of nitrogens with zero attached hydrogens (tertiary/aromatic N) is 3. The van der Waals surface area contributed by atoms with Crippen molar-refractivity contribution in [3.63, 3.8) is 0 Å². The zero-order chi connectivity index (χ0) is 34.2. The van der Waals surface area contributed by atoms with E-state index in [0.29, 0.717) is 11.8 Å². The Balaban J connectivity index is 1.05. The molecule has 0 radical (unpaired) electrons. The standard InChI is InChI=1S/C46H27N3OS2/c1-2-8-28(9-3-1)45-47-48-46(50-45)29-14-18-32(19-15-29)49(33-20-24-35-30(26-33)16-22-39-37-10-4-6-12-41(37)51-43(35)39)34-21-25-36-31(27-34)17-23-40-38-11-5-7-13-42(38)52-44(36)40/h1-27H. The van der Waals surface area contributed by atoms with E-state index in [0.717, 1.165) is 28.2 Å². The van der Waals surface area contributed by atoms with Crippen molar-refractivity contribution in [3.8, 4) is 22.9 Å². The molecule has 0 aliphatic heterocycles. The Labute approximate surface area is 306 Å². The van der Waals surface area contributed by atoms with E-state index in [1.807, 2.05) is 53.0 Å². The molecule has 0 aliphatic carbocycles. The van der Waals surface area contributed by atoms with E-state index in [1.54, 1.807) is 0 Å². The van der Waals surface area contributed by atoms with Gasteiger partial charge in [0.15, 0.2) is 0 Å². The van der Waals surface area contributed by atoms with Crippen molar-refractivity contribution in [2.75, 3.05) is 4.90 Å². The van der Waals surface area contributed by atoms with Crippen molar-refractivity contribution in [2.24, 2.45) is 0 Å². The molecule has 8 aromatic carbocycles. The first-order valence-corrected chi connectivity index (χ1v) is 18.9. The number of aromatic nitrogens is 2. The Morgan fingerprint density at radius 1 is 0.385 bits per heavy atom. The molecule has 6 heteroatoms. The maximum atomic E-state index is 6.10. The zero-order valence-electron chi connectivity index (χ0n) is 27.7.